The lowest BCUT2D eigenvalue weighted by molar-refractivity contribution is 0.100. The molecule has 0 spiro atoms. The van der Waals surface area contributed by atoms with Gasteiger partial charge in [-0.25, -0.2) is 0 Å². The Kier molecular flexibility index (Phi) is 3.13. The minimum atomic E-state index is -0.462. The summed E-state index contributed by atoms with van der Waals surface area (Å²) in [7, 11) is 0. The molecule has 1 N–H and O–H groups in total. The maximum Gasteiger partial charge on any atom is 0.0986 e. The molecule has 18 heavy (non-hydrogen) atoms. The van der Waals surface area contributed by atoms with Crippen LogP contribution in [0.5, 0.6) is 0 Å². The molecule has 1 fully saturated rings. The smallest absolute Gasteiger partial charge is 0.0986 e. The zero-order valence-electron chi connectivity index (χ0n) is 10.2. The highest BCUT2D eigenvalue weighted by Crippen LogP contribution is 2.37. The SMILES string of the molecule is O[C@H](c1ccccc1)[C@@H](c1ccccc1)N1CC1. The van der Waals surface area contributed by atoms with E-state index in [0.717, 1.165) is 18.7 Å². The molecule has 2 heteroatoms. The summed E-state index contributed by atoms with van der Waals surface area (Å²) in [6, 6.07) is 20.2. The summed E-state index contributed by atoms with van der Waals surface area (Å²) < 4.78 is 0. The third-order valence-electron chi connectivity index (χ3n) is 3.46. The molecular formula is C16H17NO. The molecule has 0 aliphatic carbocycles. The van der Waals surface area contributed by atoms with E-state index in [1.54, 1.807) is 0 Å². The van der Waals surface area contributed by atoms with Crippen LogP contribution in [-0.2, 0) is 0 Å². The number of aliphatic hydroxyl groups excluding tert-OH is 1. The summed E-state index contributed by atoms with van der Waals surface area (Å²) in [5.41, 5.74) is 2.17. The van der Waals surface area contributed by atoms with Gasteiger partial charge in [-0.15, -0.1) is 0 Å². The number of hydrogen-bond acceptors (Lipinski definition) is 2. The first-order valence-electron chi connectivity index (χ1n) is 6.38. The van der Waals surface area contributed by atoms with Gasteiger partial charge in [0.25, 0.3) is 0 Å². The molecule has 2 aromatic rings. The molecule has 0 radical (unpaired) electrons. The van der Waals surface area contributed by atoms with Crippen molar-refractivity contribution in [2.24, 2.45) is 0 Å². The minimum absolute atomic E-state index is 0.0774. The summed E-state index contributed by atoms with van der Waals surface area (Å²) in [5, 5.41) is 10.6. The molecule has 3 rings (SSSR count). The van der Waals surface area contributed by atoms with Gasteiger partial charge in [0.1, 0.15) is 0 Å². The highest BCUT2D eigenvalue weighted by Gasteiger charge is 2.34. The van der Waals surface area contributed by atoms with Crippen LogP contribution in [0, 0.1) is 0 Å². The Balaban J connectivity index is 1.91. The zero-order chi connectivity index (χ0) is 12.4. The van der Waals surface area contributed by atoms with Crippen molar-refractivity contribution in [2.45, 2.75) is 12.1 Å². The Labute approximate surface area is 107 Å². The van der Waals surface area contributed by atoms with Crippen molar-refractivity contribution in [2.75, 3.05) is 13.1 Å². The van der Waals surface area contributed by atoms with E-state index in [0.29, 0.717) is 0 Å². The van der Waals surface area contributed by atoms with Crippen molar-refractivity contribution in [3.8, 4) is 0 Å². The highest BCUT2D eigenvalue weighted by atomic mass is 16.3. The summed E-state index contributed by atoms with van der Waals surface area (Å²) in [4.78, 5) is 2.30. The van der Waals surface area contributed by atoms with E-state index in [4.69, 9.17) is 0 Å². The molecule has 2 nitrogen and oxygen atoms in total. The first-order chi connectivity index (χ1) is 8.86. The van der Waals surface area contributed by atoms with E-state index in [-0.39, 0.29) is 6.04 Å². The average Bonchev–Trinajstić information content (AvgIpc) is 3.26. The van der Waals surface area contributed by atoms with Gasteiger partial charge in [0, 0.05) is 13.1 Å². The normalized spacial score (nSPS) is 18.3. The molecule has 1 saturated heterocycles. The van der Waals surface area contributed by atoms with E-state index in [2.05, 4.69) is 17.0 Å². The molecule has 1 aliphatic rings. The Hall–Kier alpha value is -1.64. The molecule has 1 heterocycles. The quantitative estimate of drug-likeness (QED) is 0.829. The van der Waals surface area contributed by atoms with Crippen molar-refractivity contribution in [3.05, 3.63) is 71.8 Å². The molecule has 0 amide bonds. The fourth-order valence-corrected chi connectivity index (χ4v) is 2.41. The van der Waals surface area contributed by atoms with Gasteiger partial charge in [0.15, 0.2) is 0 Å². The monoisotopic (exact) mass is 239 g/mol. The average molecular weight is 239 g/mol. The van der Waals surface area contributed by atoms with Crippen LogP contribution < -0.4 is 0 Å². The maximum absolute atomic E-state index is 10.6. The summed E-state index contributed by atoms with van der Waals surface area (Å²) in [5.74, 6) is 0. The molecule has 2 aromatic carbocycles. The van der Waals surface area contributed by atoms with Crippen LogP contribution in [0.3, 0.4) is 0 Å². The van der Waals surface area contributed by atoms with E-state index in [1.807, 2.05) is 48.5 Å². The van der Waals surface area contributed by atoms with Crippen LogP contribution in [0.4, 0.5) is 0 Å². The third-order valence-corrected chi connectivity index (χ3v) is 3.46. The number of benzene rings is 2. The van der Waals surface area contributed by atoms with Gasteiger partial charge < -0.3 is 5.11 Å². The minimum Gasteiger partial charge on any atom is -0.386 e. The van der Waals surface area contributed by atoms with Crippen LogP contribution in [0.2, 0.25) is 0 Å². The molecule has 2 atom stereocenters. The second-order valence-electron chi connectivity index (χ2n) is 4.75. The summed E-state index contributed by atoms with van der Waals surface area (Å²) >= 11 is 0. The van der Waals surface area contributed by atoms with Gasteiger partial charge in [-0.2, -0.15) is 0 Å². The number of nitrogens with zero attached hydrogens (tertiary/aromatic N) is 1. The van der Waals surface area contributed by atoms with Gasteiger partial charge in [0.05, 0.1) is 12.1 Å². The lowest BCUT2D eigenvalue weighted by Gasteiger charge is -2.25. The zero-order valence-corrected chi connectivity index (χ0v) is 10.2. The second kappa shape index (κ2) is 4.92. The van der Waals surface area contributed by atoms with Crippen molar-refractivity contribution in [1.29, 1.82) is 0 Å². The summed E-state index contributed by atoms with van der Waals surface area (Å²) in [6.07, 6.45) is -0.462. The number of rotatable bonds is 4. The lowest BCUT2D eigenvalue weighted by atomic mass is 9.96. The van der Waals surface area contributed by atoms with E-state index >= 15 is 0 Å². The Morgan fingerprint density at radius 3 is 1.78 bits per heavy atom. The standard InChI is InChI=1S/C16H17NO/c18-16(14-9-5-2-6-10-14)15(17-11-12-17)13-7-3-1-4-8-13/h1-10,15-16,18H,11-12H2/t15-,16-/m1/s1. The van der Waals surface area contributed by atoms with Crippen molar-refractivity contribution >= 4 is 0 Å². The van der Waals surface area contributed by atoms with E-state index in [9.17, 15) is 5.11 Å². The Morgan fingerprint density at radius 1 is 0.778 bits per heavy atom. The lowest BCUT2D eigenvalue weighted by Crippen LogP contribution is -2.18. The molecule has 92 valence electrons. The molecule has 0 unspecified atom stereocenters. The molecule has 0 aromatic heterocycles. The largest absolute Gasteiger partial charge is 0.386 e. The first-order valence-corrected chi connectivity index (χ1v) is 6.38. The Bertz CT molecular complexity index is 493. The molecule has 1 aliphatic heterocycles. The van der Waals surface area contributed by atoms with E-state index < -0.39 is 6.10 Å². The van der Waals surface area contributed by atoms with Crippen LogP contribution in [-0.4, -0.2) is 23.1 Å². The third kappa shape index (κ3) is 2.30. The summed E-state index contributed by atoms with van der Waals surface area (Å²) in [6.45, 7) is 2.15. The molecular weight excluding hydrogens is 222 g/mol. The van der Waals surface area contributed by atoms with Crippen molar-refractivity contribution < 1.29 is 5.11 Å². The molecule has 0 saturated carbocycles. The second-order valence-corrected chi connectivity index (χ2v) is 4.75. The Morgan fingerprint density at radius 2 is 1.28 bits per heavy atom. The van der Waals surface area contributed by atoms with Crippen LogP contribution in [0.1, 0.15) is 23.3 Å². The van der Waals surface area contributed by atoms with Crippen LogP contribution in [0.15, 0.2) is 60.7 Å². The number of aliphatic hydroxyl groups is 1. The number of hydrogen-bond donors (Lipinski definition) is 1. The fraction of sp³-hybridized carbons (Fsp3) is 0.250. The molecule has 0 bridgehead atoms. The van der Waals surface area contributed by atoms with E-state index in [1.165, 1.54) is 5.56 Å². The van der Waals surface area contributed by atoms with Gasteiger partial charge >= 0.3 is 0 Å². The predicted octanol–water partition coefficient (Wildman–Crippen LogP) is 2.78. The highest BCUT2D eigenvalue weighted by molar-refractivity contribution is 5.27. The van der Waals surface area contributed by atoms with Crippen molar-refractivity contribution in [3.63, 3.8) is 0 Å². The van der Waals surface area contributed by atoms with Crippen molar-refractivity contribution in [1.82, 2.24) is 4.90 Å². The predicted molar refractivity (Wildman–Crippen MR) is 72.2 cm³/mol. The fourth-order valence-electron chi connectivity index (χ4n) is 2.41. The van der Waals surface area contributed by atoms with Crippen LogP contribution in [0.25, 0.3) is 0 Å². The maximum atomic E-state index is 10.6. The van der Waals surface area contributed by atoms with Gasteiger partial charge in [-0.1, -0.05) is 60.7 Å². The van der Waals surface area contributed by atoms with Gasteiger partial charge in [-0.3, -0.25) is 4.90 Å². The van der Waals surface area contributed by atoms with Gasteiger partial charge in [0.2, 0.25) is 0 Å². The topological polar surface area (TPSA) is 23.2 Å². The van der Waals surface area contributed by atoms with Gasteiger partial charge in [-0.05, 0) is 11.1 Å². The first kappa shape index (κ1) is 11.5. The van der Waals surface area contributed by atoms with Crippen LogP contribution >= 0.6 is 0 Å².